The molecule has 4 heteroatoms. The average Bonchev–Trinajstić information content (AvgIpc) is 2.85. The van der Waals surface area contributed by atoms with E-state index in [1.165, 1.54) is 5.01 Å². The van der Waals surface area contributed by atoms with Crippen LogP contribution in [0.5, 0.6) is 0 Å². The third kappa shape index (κ3) is 2.65. The zero-order valence-corrected chi connectivity index (χ0v) is 12.4. The molecular weight excluding hydrogens is 276 g/mol. The van der Waals surface area contributed by atoms with Crippen LogP contribution in [0.3, 0.4) is 0 Å². The van der Waals surface area contributed by atoms with E-state index in [0.717, 1.165) is 11.3 Å². The van der Waals surface area contributed by atoms with Gasteiger partial charge >= 0.3 is 0 Å². The van der Waals surface area contributed by atoms with Crippen molar-refractivity contribution in [3.63, 3.8) is 0 Å². The molecule has 112 valence electrons. The molecule has 0 fully saturated rings. The van der Waals surface area contributed by atoms with E-state index in [0.29, 0.717) is 12.0 Å². The summed E-state index contributed by atoms with van der Waals surface area (Å²) in [4.78, 5) is 12.6. The topological polar surface area (TPSA) is 52.9 Å². The Morgan fingerprint density at radius 2 is 1.73 bits per heavy atom. The number of carbonyl (C=O) groups is 1. The first-order valence-electron chi connectivity index (χ1n) is 7.28. The summed E-state index contributed by atoms with van der Waals surface area (Å²) in [5.41, 5.74) is 0.935. The number of amides is 1. The van der Waals surface area contributed by atoms with E-state index in [2.05, 4.69) is 5.10 Å². The van der Waals surface area contributed by atoms with Gasteiger partial charge in [0.2, 0.25) is 5.91 Å². The number of hydrazone groups is 1. The van der Waals surface area contributed by atoms with Crippen molar-refractivity contribution in [3.8, 4) is 0 Å². The van der Waals surface area contributed by atoms with Gasteiger partial charge in [0, 0.05) is 17.7 Å². The van der Waals surface area contributed by atoms with E-state index in [1.807, 2.05) is 67.6 Å². The molecule has 3 rings (SSSR count). The molecule has 1 aliphatic rings. The third-order valence-corrected chi connectivity index (χ3v) is 3.79. The number of benzene rings is 2. The Kier molecular flexibility index (Phi) is 3.77. The third-order valence-electron chi connectivity index (χ3n) is 3.79. The van der Waals surface area contributed by atoms with Gasteiger partial charge < -0.3 is 5.11 Å². The van der Waals surface area contributed by atoms with Crippen LogP contribution < -0.4 is 0 Å². The fourth-order valence-electron chi connectivity index (χ4n) is 2.76. The van der Waals surface area contributed by atoms with Gasteiger partial charge in [0.25, 0.3) is 0 Å². The number of aliphatic hydroxyl groups is 1. The van der Waals surface area contributed by atoms with Crippen molar-refractivity contribution in [1.29, 1.82) is 0 Å². The molecule has 0 spiro atoms. The minimum absolute atomic E-state index is 0.214. The summed E-state index contributed by atoms with van der Waals surface area (Å²) < 4.78 is 0. The van der Waals surface area contributed by atoms with Crippen LogP contribution in [0.25, 0.3) is 0 Å². The van der Waals surface area contributed by atoms with E-state index in [-0.39, 0.29) is 12.3 Å². The maximum Gasteiger partial charge on any atom is 0.250 e. The quantitative estimate of drug-likeness (QED) is 0.946. The molecule has 0 bridgehead atoms. The minimum atomic E-state index is -1.39. The molecule has 0 aliphatic carbocycles. The summed E-state index contributed by atoms with van der Waals surface area (Å²) in [5, 5.41) is 16.5. The van der Waals surface area contributed by atoms with E-state index in [4.69, 9.17) is 0 Å². The molecule has 1 heterocycles. The van der Waals surface area contributed by atoms with Crippen molar-refractivity contribution in [2.75, 3.05) is 0 Å². The zero-order valence-electron chi connectivity index (χ0n) is 12.4. The molecule has 0 saturated heterocycles. The van der Waals surface area contributed by atoms with Gasteiger partial charge in [0.15, 0.2) is 5.72 Å². The van der Waals surface area contributed by atoms with Crippen molar-refractivity contribution in [3.05, 3.63) is 71.8 Å². The fraction of sp³-hybridized carbons (Fsp3) is 0.222. The summed E-state index contributed by atoms with van der Waals surface area (Å²) in [6.07, 6.45) is 0.546. The van der Waals surface area contributed by atoms with Gasteiger partial charge in [0.1, 0.15) is 0 Å². The second-order valence-electron chi connectivity index (χ2n) is 5.56. The van der Waals surface area contributed by atoms with Crippen molar-refractivity contribution >= 4 is 11.6 Å². The Balaban J connectivity index is 1.88. The number of rotatable bonds is 3. The average molecular weight is 294 g/mol. The standard InChI is InChI=1S/C18H18N2O2/c1-14-13-18(22,16-10-6-3-7-11-16)20(19-14)17(21)12-15-8-4-2-5-9-15/h2-11,22H,12-13H2,1H3/t18-/m1/s1. The Bertz CT molecular complexity index is 698. The van der Waals surface area contributed by atoms with Gasteiger partial charge in [-0.2, -0.15) is 10.1 Å². The highest BCUT2D eigenvalue weighted by atomic mass is 16.3. The lowest BCUT2D eigenvalue weighted by Crippen LogP contribution is -2.44. The molecule has 2 aromatic carbocycles. The maximum atomic E-state index is 12.6. The molecule has 0 radical (unpaired) electrons. The molecule has 2 aromatic rings. The monoisotopic (exact) mass is 294 g/mol. The zero-order chi connectivity index (χ0) is 15.6. The summed E-state index contributed by atoms with van der Waals surface area (Å²) in [7, 11) is 0. The van der Waals surface area contributed by atoms with Gasteiger partial charge in [-0.05, 0) is 12.5 Å². The first-order valence-corrected chi connectivity index (χ1v) is 7.28. The van der Waals surface area contributed by atoms with Gasteiger partial charge in [-0.25, -0.2) is 0 Å². The molecular formula is C18H18N2O2. The SMILES string of the molecule is CC1=NN(C(=O)Cc2ccccc2)[C@](O)(c2ccccc2)C1. The number of carbonyl (C=O) groups excluding carboxylic acids is 1. The molecule has 1 amide bonds. The lowest BCUT2D eigenvalue weighted by atomic mass is 9.97. The lowest BCUT2D eigenvalue weighted by molar-refractivity contribution is -0.157. The van der Waals surface area contributed by atoms with Crippen LogP contribution in [0, 0.1) is 0 Å². The molecule has 22 heavy (non-hydrogen) atoms. The van der Waals surface area contributed by atoms with Crippen LogP contribution in [0.15, 0.2) is 65.8 Å². The molecule has 0 aromatic heterocycles. The molecule has 1 N–H and O–H groups in total. The van der Waals surface area contributed by atoms with Gasteiger partial charge in [0.05, 0.1) is 6.42 Å². The predicted molar refractivity (Wildman–Crippen MR) is 85.1 cm³/mol. The van der Waals surface area contributed by atoms with Crippen molar-refractivity contribution in [2.45, 2.75) is 25.5 Å². The lowest BCUT2D eigenvalue weighted by Gasteiger charge is -2.31. The molecule has 0 saturated carbocycles. The predicted octanol–water partition coefficient (Wildman–Crippen LogP) is 2.68. The molecule has 4 nitrogen and oxygen atoms in total. The minimum Gasteiger partial charge on any atom is -0.365 e. The summed E-state index contributed by atoms with van der Waals surface area (Å²) >= 11 is 0. The van der Waals surface area contributed by atoms with E-state index in [1.54, 1.807) is 0 Å². The number of nitrogens with zero attached hydrogens (tertiary/aromatic N) is 2. The Morgan fingerprint density at radius 1 is 1.14 bits per heavy atom. The largest absolute Gasteiger partial charge is 0.365 e. The highest BCUT2D eigenvalue weighted by Gasteiger charge is 2.44. The second kappa shape index (κ2) is 5.73. The Morgan fingerprint density at radius 3 is 2.36 bits per heavy atom. The fourth-order valence-corrected chi connectivity index (χ4v) is 2.76. The van der Waals surface area contributed by atoms with Crippen LogP contribution in [-0.2, 0) is 16.9 Å². The number of hydrogen-bond donors (Lipinski definition) is 1. The maximum absolute atomic E-state index is 12.6. The van der Waals surface area contributed by atoms with Crippen molar-refractivity contribution in [1.82, 2.24) is 5.01 Å². The van der Waals surface area contributed by atoms with E-state index < -0.39 is 5.72 Å². The smallest absolute Gasteiger partial charge is 0.250 e. The van der Waals surface area contributed by atoms with Crippen LogP contribution in [-0.4, -0.2) is 21.7 Å². The molecule has 1 aliphatic heterocycles. The highest BCUT2D eigenvalue weighted by Crippen LogP contribution is 2.35. The van der Waals surface area contributed by atoms with Gasteiger partial charge in [-0.3, -0.25) is 4.79 Å². The normalized spacial score (nSPS) is 20.8. The molecule has 1 atom stereocenters. The summed E-state index contributed by atoms with van der Waals surface area (Å²) in [6.45, 7) is 1.82. The van der Waals surface area contributed by atoms with Crippen molar-refractivity contribution < 1.29 is 9.90 Å². The van der Waals surface area contributed by atoms with Gasteiger partial charge in [-0.1, -0.05) is 60.7 Å². The van der Waals surface area contributed by atoms with E-state index >= 15 is 0 Å². The summed E-state index contributed by atoms with van der Waals surface area (Å²) in [6, 6.07) is 18.7. The van der Waals surface area contributed by atoms with Gasteiger partial charge in [-0.15, -0.1) is 0 Å². The first kappa shape index (κ1) is 14.5. The number of hydrogen-bond acceptors (Lipinski definition) is 3. The van der Waals surface area contributed by atoms with Crippen LogP contribution >= 0.6 is 0 Å². The molecule has 0 unspecified atom stereocenters. The first-order chi connectivity index (χ1) is 10.6. The van der Waals surface area contributed by atoms with Crippen LogP contribution in [0.4, 0.5) is 0 Å². The van der Waals surface area contributed by atoms with Crippen molar-refractivity contribution in [2.24, 2.45) is 5.10 Å². The van der Waals surface area contributed by atoms with Crippen LogP contribution in [0.2, 0.25) is 0 Å². The highest BCUT2D eigenvalue weighted by molar-refractivity contribution is 5.89. The van der Waals surface area contributed by atoms with E-state index in [9.17, 15) is 9.90 Å². The summed E-state index contributed by atoms with van der Waals surface area (Å²) in [5.74, 6) is -0.214. The van der Waals surface area contributed by atoms with Crippen LogP contribution in [0.1, 0.15) is 24.5 Å². The Hall–Kier alpha value is -2.46. The Labute approximate surface area is 129 Å². The second-order valence-corrected chi connectivity index (χ2v) is 5.56.